The van der Waals surface area contributed by atoms with Crippen molar-refractivity contribution >= 4 is 5.96 Å². The van der Waals surface area contributed by atoms with Crippen molar-refractivity contribution in [2.45, 2.75) is 19.9 Å². The van der Waals surface area contributed by atoms with Crippen LogP contribution in [-0.2, 0) is 20.0 Å². The zero-order valence-electron chi connectivity index (χ0n) is 8.91. The Kier molecular flexibility index (Phi) is 3.50. The number of hydrogen-bond donors (Lipinski definition) is 2. The Morgan fingerprint density at radius 3 is 3.00 bits per heavy atom. The molecule has 14 heavy (non-hydrogen) atoms. The van der Waals surface area contributed by atoms with Gasteiger partial charge in [0.2, 0.25) is 0 Å². The summed E-state index contributed by atoms with van der Waals surface area (Å²) in [4.78, 5) is 3.82. The number of rotatable bonds is 3. The molecule has 0 aliphatic carbocycles. The Morgan fingerprint density at radius 1 is 1.71 bits per heavy atom. The monoisotopic (exact) mass is 195 g/mol. The summed E-state index contributed by atoms with van der Waals surface area (Å²) in [6.45, 7) is 2.77. The lowest BCUT2D eigenvalue weighted by molar-refractivity contribution is 0.746. The van der Waals surface area contributed by atoms with Crippen LogP contribution in [0, 0.1) is 0 Å². The van der Waals surface area contributed by atoms with Gasteiger partial charge in [0, 0.05) is 32.4 Å². The lowest BCUT2D eigenvalue weighted by Crippen LogP contribution is -2.30. The Labute approximate surface area is 84.0 Å². The number of guanidine groups is 1. The van der Waals surface area contributed by atoms with Crippen LogP contribution in [0.4, 0.5) is 0 Å². The van der Waals surface area contributed by atoms with E-state index in [0.717, 1.165) is 12.1 Å². The number of aryl methyl sites for hydroxylation is 2. The van der Waals surface area contributed by atoms with Gasteiger partial charge < -0.3 is 11.1 Å². The summed E-state index contributed by atoms with van der Waals surface area (Å²) < 4.78 is 1.81. The third kappa shape index (κ3) is 2.48. The third-order valence-corrected chi connectivity index (χ3v) is 2.03. The molecule has 0 fully saturated rings. The van der Waals surface area contributed by atoms with Crippen LogP contribution in [-0.4, -0.2) is 22.8 Å². The Hall–Kier alpha value is -1.52. The molecule has 78 valence electrons. The fraction of sp³-hybridized carbons (Fsp3) is 0.556. The van der Waals surface area contributed by atoms with E-state index in [1.54, 1.807) is 7.05 Å². The molecule has 0 saturated carbocycles. The van der Waals surface area contributed by atoms with Gasteiger partial charge in [-0.25, -0.2) is 0 Å². The number of nitrogens with zero attached hydrogens (tertiary/aromatic N) is 3. The molecule has 0 aliphatic rings. The number of nitrogens with two attached hydrogens (primary N) is 1. The molecule has 3 N–H and O–H groups in total. The molecular weight excluding hydrogens is 178 g/mol. The SMILES string of the molecule is CCc1nn(C)cc1CNC(N)=NC. The quantitative estimate of drug-likeness (QED) is 0.527. The molecule has 0 aliphatic heterocycles. The van der Waals surface area contributed by atoms with Crippen LogP contribution < -0.4 is 11.1 Å². The highest BCUT2D eigenvalue weighted by atomic mass is 15.3. The molecule has 0 bridgehead atoms. The Bertz CT molecular complexity index is 326. The van der Waals surface area contributed by atoms with Crippen LogP contribution in [0.5, 0.6) is 0 Å². The number of aliphatic imine (C=N–C) groups is 1. The predicted octanol–water partition coefficient (Wildman–Crippen LogP) is 0.0166. The maximum atomic E-state index is 5.53. The van der Waals surface area contributed by atoms with E-state index in [2.05, 4.69) is 22.3 Å². The first-order chi connectivity index (χ1) is 6.67. The highest BCUT2D eigenvalue weighted by Gasteiger charge is 2.04. The van der Waals surface area contributed by atoms with Crippen molar-refractivity contribution in [1.82, 2.24) is 15.1 Å². The minimum Gasteiger partial charge on any atom is -0.370 e. The second-order valence-corrected chi connectivity index (χ2v) is 3.09. The predicted molar refractivity (Wildman–Crippen MR) is 57.0 cm³/mol. The first-order valence-electron chi connectivity index (χ1n) is 4.64. The van der Waals surface area contributed by atoms with Crippen LogP contribution in [0.25, 0.3) is 0 Å². The van der Waals surface area contributed by atoms with Gasteiger partial charge in [0.25, 0.3) is 0 Å². The maximum Gasteiger partial charge on any atom is 0.188 e. The number of nitrogens with one attached hydrogen (secondary N) is 1. The zero-order valence-corrected chi connectivity index (χ0v) is 8.91. The Balaban J connectivity index is 2.66. The second kappa shape index (κ2) is 4.64. The van der Waals surface area contributed by atoms with Crippen molar-refractivity contribution in [3.63, 3.8) is 0 Å². The Morgan fingerprint density at radius 2 is 2.43 bits per heavy atom. The van der Waals surface area contributed by atoms with Gasteiger partial charge in [-0.2, -0.15) is 5.10 Å². The normalized spacial score (nSPS) is 11.8. The number of hydrogen-bond acceptors (Lipinski definition) is 2. The van der Waals surface area contributed by atoms with Gasteiger partial charge in [0.1, 0.15) is 0 Å². The summed E-state index contributed by atoms with van der Waals surface area (Å²) in [5, 5.41) is 7.34. The highest BCUT2D eigenvalue weighted by molar-refractivity contribution is 5.77. The van der Waals surface area contributed by atoms with Crippen molar-refractivity contribution in [2.24, 2.45) is 17.8 Å². The summed E-state index contributed by atoms with van der Waals surface area (Å²) in [5.74, 6) is 0.455. The van der Waals surface area contributed by atoms with E-state index in [0.29, 0.717) is 12.5 Å². The molecule has 1 rings (SSSR count). The zero-order chi connectivity index (χ0) is 10.6. The van der Waals surface area contributed by atoms with Crippen LogP contribution in [0.15, 0.2) is 11.2 Å². The van der Waals surface area contributed by atoms with Crippen LogP contribution in [0.1, 0.15) is 18.2 Å². The molecular formula is C9H17N5. The molecule has 1 aromatic rings. The van der Waals surface area contributed by atoms with E-state index in [4.69, 9.17) is 5.73 Å². The molecule has 0 saturated heterocycles. The number of aromatic nitrogens is 2. The van der Waals surface area contributed by atoms with E-state index in [1.165, 1.54) is 5.56 Å². The summed E-state index contributed by atoms with van der Waals surface area (Å²) >= 11 is 0. The van der Waals surface area contributed by atoms with Gasteiger partial charge in [-0.1, -0.05) is 6.92 Å². The molecule has 1 heterocycles. The van der Waals surface area contributed by atoms with Crippen molar-refractivity contribution < 1.29 is 0 Å². The molecule has 0 spiro atoms. The standard InChI is InChI=1S/C9H17N5/c1-4-8-7(6-14(3)13-8)5-12-9(10)11-2/h6H,4-5H2,1-3H3,(H3,10,11,12). The summed E-state index contributed by atoms with van der Waals surface area (Å²) in [5.41, 5.74) is 7.80. The van der Waals surface area contributed by atoms with Crippen molar-refractivity contribution in [2.75, 3.05) is 7.05 Å². The minimum absolute atomic E-state index is 0.455. The molecule has 0 unspecified atom stereocenters. The third-order valence-electron chi connectivity index (χ3n) is 2.03. The van der Waals surface area contributed by atoms with Gasteiger partial charge in [-0.15, -0.1) is 0 Å². The first kappa shape index (κ1) is 10.6. The van der Waals surface area contributed by atoms with Crippen LogP contribution >= 0.6 is 0 Å². The molecule has 0 radical (unpaired) electrons. The van der Waals surface area contributed by atoms with Crippen LogP contribution in [0.2, 0.25) is 0 Å². The minimum atomic E-state index is 0.455. The molecule has 0 amide bonds. The largest absolute Gasteiger partial charge is 0.370 e. The first-order valence-corrected chi connectivity index (χ1v) is 4.64. The molecule has 0 atom stereocenters. The fourth-order valence-electron chi connectivity index (χ4n) is 1.29. The van der Waals surface area contributed by atoms with Gasteiger partial charge in [0.05, 0.1) is 5.69 Å². The lowest BCUT2D eigenvalue weighted by atomic mass is 10.2. The summed E-state index contributed by atoms with van der Waals surface area (Å²) in [6.07, 6.45) is 2.93. The van der Waals surface area contributed by atoms with Gasteiger partial charge in [-0.3, -0.25) is 9.67 Å². The van der Waals surface area contributed by atoms with Gasteiger partial charge in [-0.05, 0) is 6.42 Å². The summed E-state index contributed by atoms with van der Waals surface area (Å²) in [7, 11) is 3.58. The van der Waals surface area contributed by atoms with Gasteiger partial charge in [0.15, 0.2) is 5.96 Å². The topological polar surface area (TPSA) is 68.2 Å². The van der Waals surface area contributed by atoms with Crippen molar-refractivity contribution in [3.8, 4) is 0 Å². The smallest absolute Gasteiger partial charge is 0.188 e. The molecule has 1 aromatic heterocycles. The average Bonchev–Trinajstić information content (AvgIpc) is 2.55. The van der Waals surface area contributed by atoms with E-state index in [-0.39, 0.29) is 0 Å². The molecule has 5 heteroatoms. The van der Waals surface area contributed by atoms with Crippen LogP contribution in [0.3, 0.4) is 0 Å². The van der Waals surface area contributed by atoms with Crippen molar-refractivity contribution in [3.05, 3.63) is 17.5 Å². The summed E-state index contributed by atoms with van der Waals surface area (Å²) in [6, 6.07) is 0. The average molecular weight is 195 g/mol. The molecule has 5 nitrogen and oxygen atoms in total. The van der Waals surface area contributed by atoms with Gasteiger partial charge >= 0.3 is 0 Å². The van der Waals surface area contributed by atoms with Crippen molar-refractivity contribution in [1.29, 1.82) is 0 Å². The maximum absolute atomic E-state index is 5.53. The lowest BCUT2D eigenvalue weighted by Gasteiger charge is -2.03. The van der Waals surface area contributed by atoms with E-state index >= 15 is 0 Å². The van der Waals surface area contributed by atoms with E-state index < -0.39 is 0 Å². The second-order valence-electron chi connectivity index (χ2n) is 3.09. The highest BCUT2D eigenvalue weighted by Crippen LogP contribution is 2.06. The fourth-order valence-corrected chi connectivity index (χ4v) is 1.29. The van der Waals surface area contributed by atoms with E-state index in [9.17, 15) is 0 Å². The van der Waals surface area contributed by atoms with E-state index in [1.807, 2.05) is 17.9 Å². The molecule has 0 aromatic carbocycles.